The molecule has 7 heteroatoms. The van der Waals surface area contributed by atoms with E-state index in [2.05, 4.69) is 5.32 Å². The first-order valence-corrected chi connectivity index (χ1v) is 8.05. The van der Waals surface area contributed by atoms with Crippen molar-refractivity contribution in [2.75, 3.05) is 19.6 Å². The lowest BCUT2D eigenvalue weighted by Gasteiger charge is -2.33. The summed E-state index contributed by atoms with van der Waals surface area (Å²) in [5, 5.41) is 12.2. The molecule has 0 spiro atoms. The highest BCUT2D eigenvalue weighted by molar-refractivity contribution is 6.38. The van der Waals surface area contributed by atoms with Gasteiger partial charge in [-0.3, -0.25) is 14.5 Å². The number of hydrogen-bond acceptors (Lipinski definition) is 4. The molecule has 1 fully saturated rings. The highest BCUT2D eigenvalue weighted by atomic mass is 16.3. The first kappa shape index (κ1) is 17.8. The standard InChI is InChI=1S/C17H23N3O4/c1-4-19-9-10-20(16(23)15(19)22)17(24)18-14(11(2)3)12-5-7-13(21)8-6-12/h5-8,11,14,21H,4,9-10H2,1-3H3,(H,18,24). The van der Waals surface area contributed by atoms with Gasteiger partial charge >= 0.3 is 17.8 Å². The third-order valence-electron chi connectivity index (χ3n) is 4.13. The molecule has 1 aromatic rings. The second kappa shape index (κ2) is 7.33. The van der Waals surface area contributed by atoms with Gasteiger partial charge in [0.25, 0.3) is 0 Å². The molecule has 0 radical (unpaired) electrons. The number of imide groups is 1. The average Bonchev–Trinajstić information content (AvgIpc) is 2.55. The number of phenols is 1. The van der Waals surface area contributed by atoms with Gasteiger partial charge in [-0.15, -0.1) is 0 Å². The molecule has 1 unspecified atom stereocenters. The SMILES string of the molecule is CCN1CCN(C(=O)NC(c2ccc(O)cc2)C(C)C)C(=O)C1=O. The van der Waals surface area contributed by atoms with Gasteiger partial charge in [-0.1, -0.05) is 26.0 Å². The zero-order valence-electron chi connectivity index (χ0n) is 14.2. The number of urea groups is 1. The average molecular weight is 333 g/mol. The molecule has 1 heterocycles. The van der Waals surface area contributed by atoms with Crippen molar-refractivity contribution < 1.29 is 19.5 Å². The maximum absolute atomic E-state index is 12.5. The van der Waals surface area contributed by atoms with Crippen LogP contribution in [0.2, 0.25) is 0 Å². The van der Waals surface area contributed by atoms with Crippen molar-refractivity contribution >= 4 is 17.8 Å². The first-order chi connectivity index (χ1) is 11.3. The predicted octanol–water partition coefficient (Wildman–Crippen LogP) is 1.49. The van der Waals surface area contributed by atoms with E-state index in [0.717, 1.165) is 10.5 Å². The van der Waals surface area contributed by atoms with Crippen molar-refractivity contribution in [1.82, 2.24) is 15.1 Å². The number of nitrogens with one attached hydrogen (secondary N) is 1. The smallest absolute Gasteiger partial charge is 0.325 e. The van der Waals surface area contributed by atoms with Crippen molar-refractivity contribution in [1.29, 1.82) is 0 Å². The van der Waals surface area contributed by atoms with Crippen molar-refractivity contribution in [2.45, 2.75) is 26.8 Å². The summed E-state index contributed by atoms with van der Waals surface area (Å²) in [6.45, 7) is 6.66. The van der Waals surface area contributed by atoms with Crippen molar-refractivity contribution in [3.8, 4) is 5.75 Å². The normalized spacial score (nSPS) is 16.5. The van der Waals surface area contributed by atoms with Crippen LogP contribution in [-0.2, 0) is 9.59 Å². The van der Waals surface area contributed by atoms with Gasteiger partial charge in [0.05, 0.1) is 6.04 Å². The Labute approximate surface area is 141 Å². The number of hydrogen-bond donors (Lipinski definition) is 2. The molecular formula is C17H23N3O4. The molecule has 130 valence electrons. The number of carbonyl (C=O) groups excluding carboxylic acids is 3. The second-order valence-corrected chi connectivity index (χ2v) is 6.10. The fourth-order valence-corrected chi connectivity index (χ4v) is 2.70. The Morgan fingerprint density at radius 2 is 1.79 bits per heavy atom. The molecule has 1 aromatic carbocycles. The van der Waals surface area contributed by atoms with E-state index in [9.17, 15) is 19.5 Å². The van der Waals surface area contributed by atoms with E-state index < -0.39 is 17.8 Å². The van der Waals surface area contributed by atoms with Gasteiger partial charge in [-0.05, 0) is 30.5 Å². The van der Waals surface area contributed by atoms with Crippen molar-refractivity contribution in [3.05, 3.63) is 29.8 Å². The maximum Gasteiger partial charge on any atom is 0.325 e. The zero-order chi connectivity index (χ0) is 17.9. The molecule has 0 bridgehead atoms. The van der Waals surface area contributed by atoms with Crippen LogP contribution < -0.4 is 5.32 Å². The maximum atomic E-state index is 12.5. The lowest BCUT2D eigenvalue weighted by molar-refractivity contribution is -0.153. The molecule has 24 heavy (non-hydrogen) atoms. The number of likely N-dealkylation sites (N-methyl/N-ethyl adjacent to an activating group) is 1. The summed E-state index contributed by atoms with van der Waals surface area (Å²) >= 11 is 0. The highest BCUT2D eigenvalue weighted by Crippen LogP contribution is 2.24. The van der Waals surface area contributed by atoms with Crippen LogP contribution in [0.3, 0.4) is 0 Å². The van der Waals surface area contributed by atoms with Crippen LogP contribution >= 0.6 is 0 Å². The summed E-state index contributed by atoms with van der Waals surface area (Å²) in [5.41, 5.74) is 0.821. The second-order valence-electron chi connectivity index (χ2n) is 6.10. The van der Waals surface area contributed by atoms with Gasteiger partial charge in [0.15, 0.2) is 0 Å². The number of rotatable bonds is 4. The number of amides is 4. The number of phenolic OH excluding ortho intramolecular Hbond substituents is 1. The van der Waals surface area contributed by atoms with E-state index >= 15 is 0 Å². The van der Waals surface area contributed by atoms with E-state index in [1.165, 1.54) is 4.90 Å². The van der Waals surface area contributed by atoms with E-state index in [4.69, 9.17) is 0 Å². The summed E-state index contributed by atoms with van der Waals surface area (Å²) in [4.78, 5) is 38.9. The van der Waals surface area contributed by atoms with Crippen LogP contribution in [0.5, 0.6) is 5.75 Å². The first-order valence-electron chi connectivity index (χ1n) is 8.05. The number of aromatic hydroxyl groups is 1. The molecule has 1 saturated heterocycles. The van der Waals surface area contributed by atoms with Crippen molar-refractivity contribution in [3.63, 3.8) is 0 Å². The molecule has 1 atom stereocenters. The summed E-state index contributed by atoms with van der Waals surface area (Å²) in [6.07, 6.45) is 0. The summed E-state index contributed by atoms with van der Waals surface area (Å²) in [5.74, 6) is -1.23. The quantitative estimate of drug-likeness (QED) is 0.817. The third-order valence-corrected chi connectivity index (χ3v) is 4.13. The summed E-state index contributed by atoms with van der Waals surface area (Å²) in [6, 6.07) is 5.64. The van der Waals surface area contributed by atoms with Gasteiger partial charge in [0.1, 0.15) is 5.75 Å². The van der Waals surface area contributed by atoms with Gasteiger partial charge < -0.3 is 15.3 Å². The van der Waals surface area contributed by atoms with Crippen molar-refractivity contribution in [2.24, 2.45) is 5.92 Å². The molecule has 2 rings (SSSR count). The highest BCUT2D eigenvalue weighted by Gasteiger charge is 2.36. The monoisotopic (exact) mass is 333 g/mol. The number of piperazine rings is 1. The number of carbonyl (C=O) groups is 3. The van der Waals surface area contributed by atoms with Gasteiger partial charge in [-0.2, -0.15) is 0 Å². The molecular weight excluding hydrogens is 310 g/mol. The number of benzene rings is 1. The molecule has 7 nitrogen and oxygen atoms in total. The summed E-state index contributed by atoms with van der Waals surface area (Å²) in [7, 11) is 0. The minimum absolute atomic E-state index is 0.0706. The van der Waals surface area contributed by atoms with Crippen LogP contribution in [0, 0.1) is 5.92 Å². The Bertz CT molecular complexity index is 627. The minimum Gasteiger partial charge on any atom is -0.508 e. The van der Waals surface area contributed by atoms with Crippen LogP contribution in [0.1, 0.15) is 32.4 Å². The Morgan fingerprint density at radius 3 is 2.33 bits per heavy atom. The minimum atomic E-state index is -0.797. The van der Waals surface area contributed by atoms with Gasteiger partial charge in [0, 0.05) is 19.6 Å². The third kappa shape index (κ3) is 3.67. The Hall–Kier alpha value is -2.57. The molecule has 1 aliphatic heterocycles. The Morgan fingerprint density at radius 1 is 1.17 bits per heavy atom. The van der Waals surface area contributed by atoms with Crippen LogP contribution in [0.15, 0.2) is 24.3 Å². The van der Waals surface area contributed by atoms with Gasteiger partial charge in [-0.25, -0.2) is 4.79 Å². The zero-order valence-corrected chi connectivity index (χ0v) is 14.2. The van der Waals surface area contributed by atoms with Gasteiger partial charge in [0.2, 0.25) is 0 Å². The molecule has 0 aliphatic carbocycles. The molecule has 2 N–H and O–H groups in total. The van der Waals surface area contributed by atoms with Crippen LogP contribution in [0.25, 0.3) is 0 Å². The summed E-state index contributed by atoms with van der Waals surface area (Å²) < 4.78 is 0. The number of nitrogens with zero attached hydrogens (tertiary/aromatic N) is 2. The fourth-order valence-electron chi connectivity index (χ4n) is 2.70. The fraction of sp³-hybridized carbons (Fsp3) is 0.471. The molecule has 0 aromatic heterocycles. The lowest BCUT2D eigenvalue weighted by Crippen LogP contribution is -2.58. The van der Waals surface area contributed by atoms with Crippen LogP contribution in [0.4, 0.5) is 4.79 Å². The van der Waals surface area contributed by atoms with E-state index in [-0.39, 0.29) is 24.3 Å². The van der Waals surface area contributed by atoms with Crippen LogP contribution in [-0.4, -0.2) is 52.4 Å². The van der Waals surface area contributed by atoms with E-state index in [1.807, 2.05) is 13.8 Å². The molecule has 0 saturated carbocycles. The lowest BCUT2D eigenvalue weighted by atomic mass is 9.96. The van der Waals surface area contributed by atoms with E-state index in [0.29, 0.717) is 13.1 Å². The topological polar surface area (TPSA) is 89.9 Å². The van der Waals surface area contributed by atoms with E-state index in [1.54, 1.807) is 31.2 Å². The predicted molar refractivity (Wildman–Crippen MR) is 88.2 cm³/mol. The Kier molecular flexibility index (Phi) is 5.43. The Balaban J connectivity index is 2.12. The largest absolute Gasteiger partial charge is 0.508 e. The molecule has 1 aliphatic rings. The molecule has 4 amide bonds.